The van der Waals surface area contributed by atoms with Gasteiger partial charge in [0.15, 0.2) is 5.96 Å². The van der Waals surface area contributed by atoms with Crippen LogP contribution in [-0.4, -0.2) is 70.6 Å². The third kappa shape index (κ3) is 8.27. The number of nitrogens with zero attached hydrogens (tertiary/aromatic N) is 2. The number of hydrogen-bond acceptors (Lipinski definition) is 6. The van der Waals surface area contributed by atoms with Crippen molar-refractivity contribution < 1.29 is 24.1 Å². The molecule has 0 aliphatic carbocycles. The highest BCUT2D eigenvalue weighted by molar-refractivity contribution is 14.0. The van der Waals surface area contributed by atoms with E-state index in [4.69, 9.17) is 18.9 Å². The lowest BCUT2D eigenvalue weighted by Gasteiger charge is -2.23. The lowest BCUT2D eigenvalue weighted by molar-refractivity contribution is 0.181. The molecule has 2 rings (SSSR count). The molecule has 0 radical (unpaired) electrons. The first-order valence-corrected chi connectivity index (χ1v) is 10.2. The molecule has 2 aromatic rings. The largest absolute Gasteiger partial charge is 0.497 e. The summed E-state index contributed by atoms with van der Waals surface area (Å²) >= 11 is 0. The summed E-state index contributed by atoms with van der Waals surface area (Å²) in [6.07, 6.45) is -0.831. The minimum atomic E-state index is -0.831. The number of halogens is 1. The molecule has 0 aromatic heterocycles. The van der Waals surface area contributed by atoms with Gasteiger partial charge in [-0.05, 0) is 49.4 Å². The number of rotatable bonds is 11. The molecule has 2 aromatic carbocycles. The second kappa shape index (κ2) is 14.6. The molecule has 8 nitrogen and oxygen atoms in total. The van der Waals surface area contributed by atoms with Crippen LogP contribution in [0.3, 0.4) is 0 Å². The van der Waals surface area contributed by atoms with Crippen LogP contribution in [0.5, 0.6) is 23.0 Å². The minimum Gasteiger partial charge on any atom is -0.497 e. The first-order valence-electron chi connectivity index (χ1n) is 10.2. The van der Waals surface area contributed by atoms with Crippen molar-refractivity contribution in [2.75, 3.05) is 54.6 Å². The normalized spacial score (nSPS) is 11.8. The number of ether oxygens (including phenoxy) is 4. The van der Waals surface area contributed by atoms with Crippen LogP contribution in [-0.2, 0) is 0 Å². The van der Waals surface area contributed by atoms with Gasteiger partial charge in [-0.2, -0.15) is 0 Å². The molecule has 0 fully saturated rings. The van der Waals surface area contributed by atoms with E-state index in [1.54, 1.807) is 39.5 Å². The topological polar surface area (TPSA) is 84.8 Å². The van der Waals surface area contributed by atoms with Crippen molar-refractivity contribution in [2.45, 2.75) is 13.0 Å². The van der Waals surface area contributed by atoms with Gasteiger partial charge in [0.05, 0.1) is 34.4 Å². The van der Waals surface area contributed by atoms with Crippen molar-refractivity contribution in [2.24, 2.45) is 4.99 Å². The quantitative estimate of drug-likeness (QED) is 0.248. The smallest absolute Gasteiger partial charge is 0.193 e. The molecule has 0 heterocycles. The predicted molar refractivity (Wildman–Crippen MR) is 137 cm³/mol. The molecular formula is C23H34IN3O5. The maximum atomic E-state index is 10.7. The van der Waals surface area contributed by atoms with Gasteiger partial charge in [0.1, 0.15) is 35.7 Å². The number of hydrogen-bond donors (Lipinski definition) is 2. The lowest BCUT2D eigenvalue weighted by atomic mass is 10.1. The zero-order chi connectivity index (χ0) is 22.6. The molecule has 0 aliphatic rings. The van der Waals surface area contributed by atoms with Crippen LogP contribution in [0.1, 0.15) is 18.6 Å². The first-order chi connectivity index (χ1) is 15.0. The highest BCUT2D eigenvalue weighted by atomic mass is 127. The summed E-state index contributed by atoms with van der Waals surface area (Å²) in [5, 5.41) is 13.9. The number of methoxy groups -OCH3 is 3. The lowest BCUT2D eigenvalue weighted by Crippen LogP contribution is -2.41. The Morgan fingerprint density at radius 1 is 1.00 bits per heavy atom. The summed E-state index contributed by atoms with van der Waals surface area (Å²) in [5.74, 6) is 3.49. The molecule has 0 spiro atoms. The maximum absolute atomic E-state index is 10.7. The number of nitrogens with one attached hydrogen (secondary N) is 1. The Labute approximate surface area is 207 Å². The molecular weight excluding hydrogens is 525 g/mol. The summed E-state index contributed by atoms with van der Waals surface area (Å²) in [5.41, 5.74) is 0.631. The minimum absolute atomic E-state index is 0. The van der Waals surface area contributed by atoms with Crippen molar-refractivity contribution in [3.63, 3.8) is 0 Å². The standard InChI is InChI=1S/C23H33N3O5.HI/c1-6-24-23(26(2)13-14-31-18-9-7-17(28-3)8-10-18)25-16-21(27)20-15-19(29-4)11-12-22(20)30-5;/h7-12,15,21,27H,6,13-14,16H2,1-5H3,(H,24,25);1H. The van der Waals surface area contributed by atoms with E-state index in [0.29, 0.717) is 42.7 Å². The summed E-state index contributed by atoms with van der Waals surface area (Å²) in [6.45, 7) is 3.99. The molecule has 0 saturated carbocycles. The van der Waals surface area contributed by atoms with Crippen molar-refractivity contribution in [3.8, 4) is 23.0 Å². The fraction of sp³-hybridized carbons (Fsp3) is 0.435. The second-order valence-corrected chi connectivity index (χ2v) is 6.76. The maximum Gasteiger partial charge on any atom is 0.193 e. The molecule has 9 heteroatoms. The molecule has 32 heavy (non-hydrogen) atoms. The fourth-order valence-electron chi connectivity index (χ4n) is 2.92. The van der Waals surface area contributed by atoms with E-state index in [9.17, 15) is 5.11 Å². The molecule has 0 amide bonds. The van der Waals surface area contributed by atoms with E-state index < -0.39 is 6.10 Å². The molecule has 1 atom stereocenters. The van der Waals surface area contributed by atoms with E-state index in [1.807, 2.05) is 43.1 Å². The van der Waals surface area contributed by atoms with Crippen molar-refractivity contribution >= 4 is 29.9 Å². The average molecular weight is 559 g/mol. The van der Waals surface area contributed by atoms with Gasteiger partial charge in [0, 0.05) is 19.2 Å². The number of benzene rings is 2. The summed E-state index contributed by atoms with van der Waals surface area (Å²) < 4.78 is 21.6. The Balaban J connectivity index is 0.00000512. The zero-order valence-corrected chi connectivity index (χ0v) is 21.7. The van der Waals surface area contributed by atoms with Crippen LogP contribution in [0.15, 0.2) is 47.5 Å². The van der Waals surface area contributed by atoms with Gasteiger partial charge >= 0.3 is 0 Å². The highest BCUT2D eigenvalue weighted by Crippen LogP contribution is 2.29. The molecule has 178 valence electrons. The Morgan fingerprint density at radius 3 is 2.22 bits per heavy atom. The third-order valence-corrected chi connectivity index (χ3v) is 4.66. The monoisotopic (exact) mass is 559 g/mol. The van der Waals surface area contributed by atoms with Crippen molar-refractivity contribution in [3.05, 3.63) is 48.0 Å². The van der Waals surface area contributed by atoms with E-state index in [-0.39, 0.29) is 30.5 Å². The molecule has 0 saturated heterocycles. The van der Waals surface area contributed by atoms with Crippen LogP contribution in [0.2, 0.25) is 0 Å². The predicted octanol–water partition coefficient (Wildman–Crippen LogP) is 3.34. The number of aliphatic imine (C=N–C) groups is 1. The van der Waals surface area contributed by atoms with E-state index in [0.717, 1.165) is 11.5 Å². The van der Waals surface area contributed by atoms with E-state index >= 15 is 0 Å². The van der Waals surface area contributed by atoms with Gasteiger partial charge in [0.2, 0.25) is 0 Å². The Kier molecular flexibility index (Phi) is 12.6. The van der Waals surface area contributed by atoms with Crippen LogP contribution in [0.25, 0.3) is 0 Å². The SMILES string of the molecule is CCNC(=NCC(O)c1cc(OC)ccc1OC)N(C)CCOc1ccc(OC)cc1.I. The van der Waals surface area contributed by atoms with Crippen molar-refractivity contribution in [1.29, 1.82) is 0 Å². The van der Waals surface area contributed by atoms with Crippen molar-refractivity contribution in [1.82, 2.24) is 10.2 Å². The van der Waals surface area contributed by atoms with Gasteiger partial charge in [-0.3, -0.25) is 4.99 Å². The van der Waals surface area contributed by atoms with E-state index in [2.05, 4.69) is 10.3 Å². The molecule has 2 N–H and O–H groups in total. The van der Waals surface area contributed by atoms with Gasteiger partial charge in [-0.15, -0.1) is 24.0 Å². The van der Waals surface area contributed by atoms with Crippen LogP contribution in [0, 0.1) is 0 Å². The van der Waals surface area contributed by atoms with Gasteiger partial charge in [-0.1, -0.05) is 0 Å². The average Bonchev–Trinajstić information content (AvgIpc) is 2.81. The first kappa shape index (κ1) is 27.6. The number of likely N-dealkylation sites (N-methyl/N-ethyl adjacent to an activating group) is 1. The summed E-state index contributed by atoms with van der Waals surface area (Å²) in [6, 6.07) is 12.8. The highest BCUT2D eigenvalue weighted by Gasteiger charge is 2.15. The number of aliphatic hydroxyl groups is 1. The van der Waals surface area contributed by atoms with Crippen LogP contribution >= 0.6 is 24.0 Å². The molecule has 0 aliphatic heterocycles. The Bertz CT molecular complexity index is 833. The van der Waals surface area contributed by atoms with Crippen LogP contribution in [0.4, 0.5) is 0 Å². The van der Waals surface area contributed by atoms with Gasteiger partial charge < -0.3 is 34.3 Å². The molecule has 1 unspecified atom stereocenters. The fourth-order valence-corrected chi connectivity index (χ4v) is 2.92. The van der Waals surface area contributed by atoms with Gasteiger partial charge in [-0.25, -0.2) is 0 Å². The van der Waals surface area contributed by atoms with E-state index in [1.165, 1.54) is 0 Å². The second-order valence-electron chi connectivity index (χ2n) is 6.76. The van der Waals surface area contributed by atoms with Gasteiger partial charge in [0.25, 0.3) is 0 Å². The number of guanidine groups is 1. The molecule has 0 bridgehead atoms. The Morgan fingerprint density at radius 2 is 1.62 bits per heavy atom. The number of aliphatic hydroxyl groups excluding tert-OH is 1. The summed E-state index contributed by atoms with van der Waals surface area (Å²) in [7, 11) is 6.72. The van der Waals surface area contributed by atoms with Crippen LogP contribution < -0.4 is 24.3 Å². The Hall–Kier alpha value is -2.40. The summed E-state index contributed by atoms with van der Waals surface area (Å²) in [4.78, 5) is 6.54. The third-order valence-electron chi connectivity index (χ3n) is 4.66. The zero-order valence-electron chi connectivity index (χ0n) is 19.3.